The van der Waals surface area contributed by atoms with Gasteiger partial charge in [0.15, 0.2) is 0 Å². The minimum absolute atomic E-state index is 0.0973. The Morgan fingerprint density at radius 2 is 2.07 bits per heavy atom. The zero-order valence-electron chi connectivity index (χ0n) is 8.07. The van der Waals surface area contributed by atoms with Crippen molar-refractivity contribution in [2.75, 3.05) is 0 Å². The molecule has 1 heterocycles. The first-order valence-electron chi connectivity index (χ1n) is 4.78. The summed E-state index contributed by atoms with van der Waals surface area (Å²) in [5, 5.41) is 2.72. The molecule has 0 aliphatic carbocycles. The molecule has 0 spiro atoms. The van der Waals surface area contributed by atoms with Crippen LogP contribution in [0.2, 0.25) is 0 Å². The van der Waals surface area contributed by atoms with Crippen LogP contribution in [0.3, 0.4) is 0 Å². The molecule has 74 valence electrons. The number of cyclic esters (lactones) is 1. The molecule has 0 bridgehead atoms. The third-order valence-electron chi connectivity index (χ3n) is 2.35. The van der Waals surface area contributed by atoms with Crippen molar-refractivity contribution in [2.24, 2.45) is 0 Å². The number of ether oxygens (including phenoxy) is 1. The van der Waals surface area contributed by atoms with Gasteiger partial charge in [0.05, 0.1) is 0 Å². The largest absolute Gasteiger partial charge is 0.441 e. The van der Waals surface area contributed by atoms with E-state index in [2.05, 4.69) is 5.32 Å². The Hall–Kier alpha value is -1.51. The summed E-state index contributed by atoms with van der Waals surface area (Å²) >= 11 is 0. The minimum atomic E-state index is -0.322. The average Bonchev–Trinajstić information content (AvgIpc) is 2.18. The molecule has 3 heteroatoms. The van der Waals surface area contributed by atoms with Crippen molar-refractivity contribution in [2.45, 2.75) is 25.5 Å². The summed E-state index contributed by atoms with van der Waals surface area (Å²) in [7, 11) is 0. The maximum absolute atomic E-state index is 11.1. The zero-order chi connectivity index (χ0) is 9.97. The molecular weight excluding hydrogens is 178 g/mol. The van der Waals surface area contributed by atoms with Gasteiger partial charge in [-0.25, -0.2) is 4.79 Å². The second-order valence-corrected chi connectivity index (χ2v) is 3.59. The molecule has 1 saturated heterocycles. The maximum atomic E-state index is 11.1. The van der Waals surface area contributed by atoms with Crippen molar-refractivity contribution in [3.05, 3.63) is 35.9 Å². The number of carbonyl (C=O) groups excluding carboxylic acids is 1. The highest BCUT2D eigenvalue weighted by atomic mass is 16.6. The van der Waals surface area contributed by atoms with E-state index in [1.807, 2.05) is 37.3 Å². The third kappa shape index (κ3) is 1.87. The maximum Gasteiger partial charge on any atom is 0.407 e. The van der Waals surface area contributed by atoms with Gasteiger partial charge >= 0.3 is 6.09 Å². The van der Waals surface area contributed by atoms with Crippen LogP contribution < -0.4 is 5.32 Å². The molecular formula is C11H13NO2. The molecule has 1 aromatic carbocycles. The minimum Gasteiger partial charge on any atom is -0.441 e. The molecule has 1 aliphatic rings. The Balaban J connectivity index is 2.15. The van der Waals surface area contributed by atoms with E-state index in [0.29, 0.717) is 0 Å². The van der Waals surface area contributed by atoms with Crippen LogP contribution in [-0.2, 0) is 4.74 Å². The lowest BCUT2D eigenvalue weighted by Crippen LogP contribution is -2.40. The fourth-order valence-corrected chi connectivity index (χ4v) is 1.66. The first-order valence-corrected chi connectivity index (χ1v) is 4.78. The quantitative estimate of drug-likeness (QED) is 0.739. The molecule has 1 aliphatic heterocycles. The van der Waals surface area contributed by atoms with Crippen molar-refractivity contribution in [3.8, 4) is 0 Å². The van der Waals surface area contributed by atoms with E-state index in [9.17, 15) is 4.79 Å². The van der Waals surface area contributed by atoms with Gasteiger partial charge in [0.1, 0.15) is 6.10 Å². The van der Waals surface area contributed by atoms with Crippen LogP contribution in [0.4, 0.5) is 4.79 Å². The van der Waals surface area contributed by atoms with Gasteiger partial charge in [-0.05, 0) is 12.5 Å². The molecule has 2 rings (SSSR count). The van der Waals surface area contributed by atoms with Crippen molar-refractivity contribution >= 4 is 6.09 Å². The van der Waals surface area contributed by atoms with Crippen molar-refractivity contribution in [1.82, 2.24) is 5.32 Å². The zero-order valence-corrected chi connectivity index (χ0v) is 8.07. The van der Waals surface area contributed by atoms with Gasteiger partial charge in [0.2, 0.25) is 0 Å². The van der Waals surface area contributed by atoms with Crippen LogP contribution in [0.15, 0.2) is 30.3 Å². The van der Waals surface area contributed by atoms with Crippen LogP contribution >= 0.6 is 0 Å². The lowest BCUT2D eigenvalue weighted by molar-refractivity contribution is 0.0611. The predicted octanol–water partition coefficient (Wildman–Crippen LogP) is 2.25. The molecule has 2 unspecified atom stereocenters. The number of hydrogen-bond acceptors (Lipinski definition) is 2. The van der Waals surface area contributed by atoms with E-state index in [1.165, 1.54) is 0 Å². The lowest BCUT2D eigenvalue weighted by atomic mass is 10.0. The van der Waals surface area contributed by atoms with Gasteiger partial charge in [-0.15, -0.1) is 0 Å². The predicted molar refractivity (Wildman–Crippen MR) is 52.9 cm³/mol. The normalized spacial score (nSPS) is 26.5. The molecule has 1 fully saturated rings. The van der Waals surface area contributed by atoms with Gasteiger partial charge in [-0.3, -0.25) is 0 Å². The number of rotatable bonds is 1. The van der Waals surface area contributed by atoms with Gasteiger partial charge < -0.3 is 10.1 Å². The summed E-state index contributed by atoms with van der Waals surface area (Å²) in [6, 6.07) is 10.0. The molecule has 0 saturated carbocycles. The number of benzene rings is 1. The van der Waals surface area contributed by atoms with E-state index in [1.54, 1.807) is 0 Å². The Morgan fingerprint density at radius 3 is 2.71 bits per heavy atom. The van der Waals surface area contributed by atoms with E-state index in [4.69, 9.17) is 4.74 Å². The fourth-order valence-electron chi connectivity index (χ4n) is 1.66. The van der Waals surface area contributed by atoms with Crippen molar-refractivity contribution < 1.29 is 9.53 Å². The third-order valence-corrected chi connectivity index (χ3v) is 2.35. The Bertz CT molecular complexity index is 323. The van der Waals surface area contributed by atoms with Gasteiger partial charge in [-0.1, -0.05) is 30.3 Å². The number of alkyl carbamates (subject to hydrolysis) is 1. The molecule has 0 aromatic heterocycles. The summed E-state index contributed by atoms with van der Waals surface area (Å²) in [5.74, 6) is 0. The molecule has 1 aromatic rings. The number of hydrogen-bond donors (Lipinski definition) is 1. The topological polar surface area (TPSA) is 38.3 Å². The highest BCUT2D eigenvalue weighted by Crippen LogP contribution is 2.25. The Kier molecular flexibility index (Phi) is 2.39. The Morgan fingerprint density at radius 1 is 1.36 bits per heavy atom. The summed E-state index contributed by atoms with van der Waals surface area (Å²) < 4.78 is 5.19. The lowest BCUT2D eigenvalue weighted by Gasteiger charge is -2.28. The smallest absolute Gasteiger partial charge is 0.407 e. The van der Waals surface area contributed by atoms with Crippen LogP contribution in [-0.4, -0.2) is 12.1 Å². The van der Waals surface area contributed by atoms with E-state index in [-0.39, 0.29) is 18.2 Å². The van der Waals surface area contributed by atoms with Crippen LogP contribution in [0, 0.1) is 0 Å². The average molecular weight is 191 g/mol. The van der Waals surface area contributed by atoms with Gasteiger partial charge in [0, 0.05) is 12.5 Å². The van der Waals surface area contributed by atoms with E-state index in [0.717, 1.165) is 12.0 Å². The van der Waals surface area contributed by atoms with E-state index >= 15 is 0 Å². The summed E-state index contributed by atoms with van der Waals surface area (Å²) in [5.41, 5.74) is 1.06. The molecule has 1 amide bonds. The number of nitrogens with one attached hydrogen (secondary N) is 1. The van der Waals surface area contributed by atoms with E-state index < -0.39 is 0 Å². The summed E-state index contributed by atoms with van der Waals surface area (Å²) in [6.45, 7) is 1.98. The van der Waals surface area contributed by atoms with Crippen LogP contribution in [0.5, 0.6) is 0 Å². The van der Waals surface area contributed by atoms with Gasteiger partial charge in [0.25, 0.3) is 0 Å². The standard InChI is InChI=1S/C11H13NO2/c1-8-7-10(14-11(13)12-8)9-5-3-2-4-6-9/h2-6,8,10H,7H2,1H3,(H,12,13). The molecule has 3 nitrogen and oxygen atoms in total. The molecule has 2 atom stereocenters. The monoisotopic (exact) mass is 191 g/mol. The SMILES string of the molecule is CC1CC(c2ccccc2)OC(=O)N1. The first-order chi connectivity index (χ1) is 6.75. The molecule has 1 N–H and O–H groups in total. The van der Waals surface area contributed by atoms with Gasteiger partial charge in [-0.2, -0.15) is 0 Å². The second kappa shape index (κ2) is 3.70. The summed E-state index contributed by atoms with van der Waals surface area (Å²) in [4.78, 5) is 11.1. The van der Waals surface area contributed by atoms with Crippen LogP contribution in [0.1, 0.15) is 25.0 Å². The number of carbonyl (C=O) groups is 1. The van der Waals surface area contributed by atoms with Crippen molar-refractivity contribution in [3.63, 3.8) is 0 Å². The van der Waals surface area contributed by atoms with Crippen molar-refractivity contribution in [1.29, 1.82) is 0 Å². The second-order valence-electron chi connectivity index (χ2n) is 3.59. The molecule has 0 radical (unpaired) electrons. The molecule has 14 heavy (non-hydrogen) atoms. The number of amides is 1. The summed E-state index contributed by atoms with van der Waals surface area (Å²) in [6.07, 6.45) is 0.410. The fraction of sp³-hybridized carbons (Fsp3) is 0.364. The first kappa shape index (κ1) is 9.06. The van der Waals surface area contributed by atoms with Crippen LogP contribution in [0.25, 0.3) is 0 Å². The highest BCUT2D eigenvalue weighted by Gasteiger charge is 2.25. The highest BCUT2D eigenvalue weighted by molar-refractivity contribution is 5.68. The Labute approximate surface area is 83.1 Å².